The third-order valence-electron chi connectivity index (χ3n) is 3.86. The number of ether oxygens (including phenoxy) is 2. The van der Waals surface area contributed by atoms with Crippen molar-refractivity contribution in [2.75, 3.05) is 19.6 Å². The number of rotatable bonds is 7. The van der Waals surface area contributed by atoms with E-state index in [9.17, 15) is 4.79 Å². The van der Waals surface area contributed by atoms with Gasteiger partial charge >= 0.3 is 6.09 Å². The van der Waals surface area contributed by atoms with Crippen molar-refractivity contribution in [2.24, 2.45) is 5.10 Å². The molecular formula is C19H19N5O4. The van der Waals surface area contributed by atoms with Gasteiger partial charge in [0.05, 0.1) is 37.7 Å². The zero-order chi connectivity index (χ0) is 19.9. The van der Waals surface area contributed by atoms with Gasteiger partial charge in [0.15, 0.2) is 17.3 Å². The summed E-state index contributed by atoms with van der Waals surface area (Å²) >= 11 is 0. The van der Waals surface area contributed by atoms with E-state index in [1.807, 2.05) is 24.3 Å². The van der Waals surface area contributed by atoms with E-state index < -0.39 is 6.09 Å². The zero-order valence-electron chi connectivity index (χ0n) is 15.3. The summed E-state index contributed by atoms with van der Waals surface area (Å²) in [6.45, 7) is 0.256. The molecule has 0 aliphatic rings. The normalized spacial score (nSPS) is 10.8. The van der Waals surface area contributed by atoms with E-state index in [0.29, 0.717) is 28.4 Å². The summed E-state index contributed by atoms with van der Waals surface area (Å²) in [6.07, 6.45) is 2.16. The molecule has 0 radical (unpaired) electrons. The van der Waals surface area contributed by atoms with Crippen molar-refractivity contribution >= 4 is 29.2 Å². The number of carbonyl (C=O) groups is 1. The SMILES string of the molecule is COc1cc2ncc(NN=Cc3ccc(CNC(=O)O)cc3)nc2cc1OC. The van der Waals surface area contributed by atoms with E-state index in [-0.39, 0.29) is 6.54 Å². The molecule has 0 fully saturated rings. The van der Waals surface area contributed by atoms with Crippen molar-refractivity contribution in [3.8, 4) is 11.5 Å². The quantitative estimate of drug-likeness (QED) is 0.425. The van der Waals surface area contributed by atoms with Crippen LogP contribution in [-0.2, 0) is 6.54 Å². The molecule has 0 saturated carbocycles. The molecule has 144 valence electrons. The Morgan fingerprint density at radius 2 is 1.82 bits per heavy atom. The Hall–Kier alpha value is -3.88. The minimum absolute atomic E-state index is 0.256. The molecule has 0 aliphatic heterocycles. The fourth-order valence-electron chi connectivity index (χ4n) is 2.47. The van der Waals surface area contributed by atoms with E-state index >= 15 is 0 Å². The van der Waals surface area contributed by atoms with Gasteiger partial charge in [-0.15, -0.1) is 0 Å². The van der Waals surface area contributed by atoms with Crippen LogP contribution < -0.4 is 20.2 Å². The molecule has 3 rings (SSSR count). The second-order valence-corrected chi connectivity index (χ2v) is 5.72. The highest BCUT2D eigenvalue weighted by Gasteiger charge is 2.08. The number of benzene rings is 2. The number of aromatic nitrogens is 2. The van der Waals surface area contributed by atoms with Crippen molar-refractivity contribution in [1.82, 2.24) is 15.3 Å². The van der Waals surface area contributed by atoms with Gasteiger partial charge in [0.25, 0.3) is 0 Å². The summed E-state index contributed by atoms with van der Waals surface area (Å²) in [5, 5.41) is 15.1. The fourth-order valence-corrected chi connectivity index (χ4v) is 2.47. The minimum Gasteiger partial charge on any atom is -0.493 e. The third-order valence-corrected chi connectivity index (χ3v) is 3.86. The number of nitrogens with one attached hydrogen (secondary N) is 2. The average molecular weight is 381 g/mol. The largest absolute Gasteiger partial charge is 0.493 e. The van der Waals surface area contributed by atoms with Crippen LogP contribution >= 0.6 is 0 Å². The Labute approximate surface area is 161 Å². The molecule has 28 heavy (non-hydrogen) atoms. The summed E-state index contributed by atoms with van der Waals surface area (Å²) in [7, 11) is 3.13. The smallest absolute Gasteiger partial charge is 0.404 e. The molecule has 1 heterocycles. The molecule has 1 aromatic heterocycles. The van der Waals surface area contributed by atoms with Crippen LogP contribution in [0.5, 0.6) is 11.5 Å². The predicted octanol–water partition coefficient (Wildman–Crippen LogP) is 2.86. The minimum atomic E-state index is -1.05. The summed E-state index contributed by atoms with van der Waals surface area (Å²) in [6, 6.07) is 10.8. The Bertz CT molecular complexity index is 1010. The molecule has 0 spiro atoms. The monoisotopic (exact) mass is 381 g/mol. The highest BCUT2D eigenvalue weighted by molar-refractivity contribution is 5.81. The number of methoxy groups -OCH3 is 2. The number of nitrogens with zero attached hydrogens (tertiary/aromatic N) is 3. The lowest BCUT2D eigenvalue weighted by Crippen LogP contribution is -2.19. The van der Waals surface area contributed by atoms with Crippen LogP contribution in [0.3, 0.4) is 0 Å². The first-order valence-corrected chi connectivity index (χ1v) is 8.32. The topological polar surface area (TPSA) is 118 Å². The molecule has 9 nitrogen and oxygen atoms in total. The summed E-state index contributed by atoms with van der Waals surface area (Å²) < 4.78 is 10.5. The van der Waals surface area contributed by atoms with E-state index in [4.69, 9.17) is 14.6 Å². The first-order chi connectivity index (χ1) is 13.6. The van der Waals surface area contributed by atoms with Crippen molar-refractivity contribution in [3.63, 3.8) is 0 Å². The van der Waals surface area contributed by atoms with E-state index in [0.717, 1.165) is 11.1 Å². The first kappa shape index (κ1) is 18.9. The Morgan fingerprint density at radius 1 is 1.14 bits per heavy atom. The molecule has 9 heteroatoms. The second-order valence-electron chi connectivity index (χ2n) is 5.72. The van der Waals surface area contributed by atoms with Crippen LogP contribution in [0.25, 0.3) is 11.0 Å². The highest BCUT2D eigenvalue weighted by atomic mass is 16.5. The maximum absolute atomic E-state index is 10.5. The molecule has 0 unspecified atom stereocenters. The number of fused-ring (bicyclic) bond motifs is 1. The van der Waals surface area contributed by atoms with Gasteiger partial charge in [-0.05, 0) is 11.1 Å². The van der Waals surface area contributed by atoms with E-state index in [1.165, 1.54) is 0 Å². The standard InChI is InChI=1S/C19H19N5O4/c1-27-16-7-14-15(8-17(16)28-2)23-18(11-20-14)24-22-10-13-5-3-12(4-6-13)9-21-19(25)26/h3-8,10-11,21H,9H2,1-2H3,(H,23,24)(H,25,26). The van der Waals surface area contributed by atoms with Crippen LogP contribution in [0.15, 0.2) is 47.7 Å². The Kier molecular flexibility index (Phi) is 5.85. The maximum atomic E-state index is 10.5. The van der Waals surface area contributed by atoms with Crippen LogP contribution in [0.4, 0.5) is 10.6 Å². The molecule has 0 saturated heterocycles. The molecule has 0 bridgehead atoms. The lowest BCUT2D eigenvalue weighted by Gasteiger charge is -2.08. The number of hydrogen-bond donors (Lipinski definition) is 3. The number of hydrazone groups is 1. The maximum Gasteiger partial charge on any atom is 0.404 e. The predicted molar refractivity (Wildman–Crippen MR) is 105 cm³/mol. The van der Waals surface area contributed by atoms with Gasteiger partial charge < -0.3 is 19.9 Å². The number of anilines is 1. The molecule has 3 aromatic rings. The van der Waals surface area contributed by atoms with Crippen molar-refractivity contribution in [2.45, 2.75) is 6.54 Å². The summed E-state index contributed by atoms with van der Waals surface area (Å²) in [4.78, 5) is 19.3. The molecule has 0 atom stereocenters. The van der Waals surface area contributed by atoms with Gasteiger partial charge in [0, 0.05) is 18.7 Å². The van der Waals surface area contributed by atoms with Crippen LogP contribution in [0.1, 0.15) is 11.1 Å². The van der Waals surface area contributed by atoms with Gasteiger partial charge in [0.2, 0.25) is 0 Å². The van der Waals surface area contributed by atoms with Crippen molar-refractivity contribution in [3.05, 3.63) is 53.7 Å². The van der Waals surface area contributed by atoms with Gasteiger partial charge in [-0.2, -0.15) is 5.10 Å². The van der Waals surface area contributed by atoms with E-state index in [2.05, 4.69) is 25.8 Å². The number of amides is 1. The average Bonchev–Trinajstić information content (AvgIpc) is 2.72. The molecule has 3 N–H and O–H groups in total. The molecular weight excluding hydrogens is 362 g/mol. The van der Waals surface area contributed by atoms with Gasteiger partial charge in [-0.3, -0.25) is 10.4 Å². The number of hydrogen-bond acceptors (Lipinski definition) is 7. The molecule has 0 aliphatic carbocycles. The van der Waals surface area contributed by atoms with Gasteiger partial charge in [0.1, 0.15) is 0 Å². The summed E-state index contributed by atoms with van der Waals surface area (Å²) in [5.41, 5.74) is 5.88. The Balaban J connectivity index is 1.68. The lowest BCUT2D eigenvalue weighted by atomic mass is 10.1. The zero-order valence-corrected chi connectivity index (χ0v) is 15.3. The van der Waals surface area contributed by atoms with Crippen molar-refractivity contribution in [1.29, 1.82) is 0 Å². The lowest BCUT2D eigenvalue weighted by molar-refractivity contribution is 0.194. The van der Waals surface area contributed by atoms with Crippen LogP contribution in [-0.4, -0.2) is 41.6 Å². The summed E-state index contributed by atoms with van der Waals surface area (Å²) in [5.74, 6) is 1.64. The van der Waals surface area contributed by atoms with Crippen LogP contribution in [0.2, 0.25) is 0 Å². The highest BCUT2D eigenvalue weighted by Crippen LogP contribution is 2.30. The molecule has 1 amide bonds. The third kappa shape index (κ3) is 4.64. The fraction of sp³-hybridized carbons (Fsp3) is 0.158. The van der Waals surface area contributed by atoms with E-state index in [1.54, 1.807) is 38.8 Å². The van der Waals surface area contributed by atoms with Gasteiger partial charge in [-0.25, -0.2) is 9.78 Å². The Morgan fingerprint density at radius 3 is 2.46 bits per heavy atom. The number of carboxylic acid groups (broad SMARTS) is 1. The second kappa shape index (κ2) is 8.67. The van der Waals surface area contributed by atoms with Crippen LogP contribution in [0, 0.1) is 0 Å². The first-order valence-electron chi connectivity index (χ1n) is 8.32. The van der Waals surface area contributed by atoms with Gasteiger partial charge in [-0.1, -0.05) is 24.3 Å². The van der Waals surface area contributed by atoms with Crippen molar-refractivity contribution < 1.29 is 19.4 Å². The molecule has 2 aromatic carbocycles.